The molecule has 0 atom stereocenters. The minimum atomic E-state index is 0. The van der Waals surface area contributed by atoms with Crippen molar-refractivity contribution in [3.8, 4) is 0 Å². The molecule has 1 aromatic carbocycles. The van der Waals surface area contributed by atoms with Gasteiger partial charge in [0.1, 0.15) is 5.56 Å². The first kappa shape index (κ1) is 13.8. The van der Waals surface area contributed by atoms with Gasteiger partial charge >= 0.3 is 5.84 Å². The fraction of sp³-hybridized carbons (Fsp3) is 0. The van der Waals surface area contributed by atoms with Gasteiger partial charge in [-0.2, -0.15) is 0 Å². The molecule has 0 fully saturated rings. The van der Waals surface area contributed by atoms with Crippen LogP contribution >= 0.6 is 0 Å². The lowest BCUT2D eigenvalue weighted by Crippen LogP contribution is -3.00. The summed E-state index contributed by atoms with van der Waals surface area (Å²) in [5.41, 5.74) is 10.7. The molecule has 5 heteroatoms. The summed E-state index contributed by atoms with van der Waals surface area (Å²) in [6, 6.07) is 7.29. The summed E-state index contributed by atoms with van der Waals surface area (Å²) in [7, 11) is 0. The summed E-state index contributed by atoms with van der Waals surface area (Å²) in [5.74, 6) is 0.569. The molecule has 3 nitrogen and oxygen atoms in total. The molecule has 0 aromatic heterocycles. The second kappa shape index (κ2) is 5.83. The van der Waals surface area contributed by atoms with Gasteiger partial charge in [0.15, 0.2) is 0 Å². The first-order valence-corrected chi connectivity index (χ1v) is 3.00. The van der Waals surface area contributed by atoms with Crippen molar-refractivity contribution in [2.75, 3.05) is 5.73 Å². The van der Waals surface area contributed by atoms with Gasteiger partial charge in [-0.05, 0) is 24.3 Å². The van der Waals surface area contributed by atoms with Crippen LogP contribution in [0.4, 0.5) is 5.69 Å². The average molecular weight is 208 g/mol. The van der Waals surface area contributed by atoms with E-state index < -0.39 is 0 Å². The Kier molecular flexibility index (Phi) is 6.70. The van der Waals surface area contributed by atoms with Crippen molar-refractivity contribution in [3.63, 3.8) is 0 Å². The Morgan fingerprint density at radius 2 is 1.58 bits per heavy atom. The SMILES string of the molecule is Nc1ccc(C(=[NH2+])[NH3+])cc1.[Cl-].[Cl-]. The molecule has 0 heterocycles. The Labute approximate surface area is 83.5 Å². The summed E-state index contributed by atoms with van der Waals surface area (Å²) in [4.78, 5) is 0. The highest BCUT2D eigenvalue weighted by atomic mass is 35.5. The molecule has 68 valence electrons. The summed E-state index contributed by atoms with van der Waals surface area (Å²) in [6.45, 7) is 0. The molecule has 0 saturated heterocycles. The predicted molar refractivity (Wildman–Crippen MR) is 39.8 cm³/mol. The zero-order valence-corrected chi connectivity index (χ0v) is 7.94. The smallest absolute Gasteiger partial charge is 0.362 e. The molecule has 1 rings (SSSR count). The number of nitrogens with two attached hydrogens (primary N) is 2. The number of amidine groups is 1. The number of hydrogen-bond donors (Lipinski definition) is 3. The molecular weight excluding hydrogens is 197 g/mol. The van der Waals surface area contributed by atoms with E-state index in [0.717, 1.165) is 11.3 Å². The fourth-order valence-corrected chi connectivity index (χ4v) is 0.697. The number of nitrogen functional groups attached to an aromatic ring is 1. The molecule has 0 aliphatic rings. The third-order valence-electron chi connectivity index (χ3n) is 1.28. The monoisotopic (exact) mass is 207 g/mol. The Morgan fingerprint density at radius 1 is 1.17 bits per heavy atom. The fourth-order valence-electron chi connectivity index (χ4n) is 0.697. The van der Waals surface area contributed by atoms with Crippen LogP contribution in [-0.2, 0) is 0 Å². The largest absolute Gasteiger partial charge is 1.00 e. The lowest BCUT2D eigenvalue weighted by Gasteiger charge is -1.90. The molecule has 0 unspecified atom stereocenters. The second-order valence-electron chi connectivity index (χ2n) is 2.15. The Bertz CT molecular complexity index is 245. The highest BCUT2D eigenvalue weighted by Gasteiger charge is 2.02. The van der Waals surface area contributed by atoms with Gasteiger partial charge in [-0.3, -0.25) is 5.73 Å². The summed E-state index contributed by atoms with van der Waals surface area (Å²) in [6.07, 6.45) is 0. The predicted octanol–water partition coefficient (Wildman–Crippen LogP) is -7.98. The normalized spacial score (nSPS) is 7.75. The molecule has 7 N–H and O–H groups in total. The van der Waals surface area contributed by atoms with Gasteiger partial charge in [0.05, 0.1) is 0 Å². The average Bonchev–Trinajstić information content (AvgIpc) is 1.88. The second-order valence-corrected chi connectivity index (χ2v) is 2.15. The van der Waals surface area contributed by atoms with E-state index in [1.165, 1.54) is 0 Å². The van der Waals surface area contributed by atoms with Crippen LogP contribution in [0.3, 0.4) is 0 Å². The van der Waals surface area contributed by atoms with E-state index in [1.54, 1.807) is 12.1 Å². The first-order chi connectivity index (χ1) is 4.70. The summed E-state index contributed by atoms with van der Waals surface area (Å²) in [5, 5.41) is 5.43. The van der Waals surface area contributed by atoms with Gasteiger partial charge in [0.25, 0.3) is 0 Å². The van der Waals surface area contributed by atoms with Crippen molar-refractivity contribution >= 4 is 11.5 Å². The molecule has 1 aromatic rings. The third-order valence-corrected chi connectivity index (χ3v) is 1.28. The van der Waals surface area contributed by atoms with Crippen LogP contribution in [0.2, 0.25) is 0 Å². The van der Waals surface area contributed by atoms with Crippen LogP contribution in [0.5, 0.6) is 0 Å². The summed E-state index contributed by atoms with van der Waals surface area (Å²) >= 11 is 0. The molecule has 0 saturated carbocycles. The number of anilines is 1. The molecule has 0 aliphatic carbocycles. The lowest BCUT2D eigenvalue weighted by molar-refractivity contribution is -0.298. The van der Waals surface area contributed by atoms with Crippen molar-refractivity contribution in [2.45, 2.75) is 0 Å². The molecule has 0 bridgehead atoms. The van der Waals surface area contributed by atoms with Crippen molar-refractivity contribution in [1.29, 1.82) is 0 Å². The first-order valence-electron chi connectivity index (χ1n) is 3.00. The zero-order chi connectivity index (χ0) is 7.56. The van der Waals surface area contributed by atoms with Crippen molar-refractivity contribution < 1.29 is 36.0 Å². The number of quaternary nitrogens is 1. The topological polar surface area (TPSA) is 79.2 Å². The minimum absolute atomic E-state index is 0. The summed E-state index contributed by atoms with van der Waals surface area (Å²) < 4.78 is 0. The van der Waals surface area contributed by atoms with Crippen LogP contribution in [0.1, 0.15) is 5.56 Å². The van der Waals surface area contributed by atoms with Crippen LogP contribution < -0.4 is 41.7 Å². The maximum absolute atomic E-state index is 5.46. The maximum atomic E-state index is 5.46. The lowest BCUT2D eigenvalue weighted by atomic mass is 10.2. The number of halogens is 2. The van der Waals surface area contributed by atoms with E-state index in [-0.39, 0.29) is 24.8 Å². The van der Waals surface area contributed by atoms with E-state index in [4.69, 9.17) is 11.1 Å². The van der Waals surface area contributed by atoms with Crippen molar-refractivity contribution in [1.82, 2.24) is 0 Å². The van der Waals surface area contributed by atoms with Crippen LogP contribution in [0.15, 0.2) is 24.3 Å². The van der Waals surface area contributed by atoms with Crippen molar-refractivity contribution in [3.05, 3.63) is 29.8 Å². The number of hydrogen-bond acceptors (Lipinski definition) is 1. The van der Waals surface area contributed by atoms with E-state index in [9.17, 15) is 0 Å². The van der Waals surface area contributed by atoms with Gasteiger partial charge in [0.2, 0.25) is 0 Å². The highest BCUT2D eigenvalue weighted by molar-refractivity contribution is 5.85. The van der Waals surface area contributed by atoms with E-state index in [0.29, 0.717) is 5.84 Å². The van der Waals surface area contributed by atoms with Crippen LogP contribution in [0.25, 0.3) is 0 Å². The minimum Gasteiger partial charge on any atom is -1.00 e. The Balaban J connectivity index is 0. The van der Waals surface area contributed by atoms with E-state index in [2.05, 4.69) is 5.73 Å². The van der Waals surface area contributed by atoms with Gasteiger partial charge in [0, 0.05) is 5.69 Å². The van der Waals surface area contributed by atoms with Gasteiger partial charge in [-0.15, -0.1) is 0 Å². The highest BCUT2D eigenvalue weighted by Crippen LogP contribution is 2.02. The van der Waals surface area contributed by atoms with Crippen LogP contribution in [0, 0.1) is 0 Å². The van der Waals surface area contributed by atoms with Gasteiger partial charge in [-0.1, -0.05) is 0 Å². The number of benzene rings is 1. The van der Waals surface area contributed by atoms with Gasteiger partial charge < -0.3 is 30.5 Å². The van der Waals surface area contributed by atoms with Crippen molar-refractivity contribution in [2.24, 2.45) is 0 Å². The number of rotatable bonds is 1. The molecule has 0 radical (unpaired) electrons. The third kappa shape index (κ3) is 3.57. The van der Waals surface area contributed by atoms with Crippen LogP contribution in [-0.4, -0.2) is 5.84 Å². The Hall–Kier alpha value is -0.770. The molecule has 0 aliphatic heterocycles. The maximum Gasteiger partial charge on any atom is 0.362 e. The molecule has 0 spiro atoms. The Morgan fingerprint density at radius 3 is 1.92 bits per heavy atom. The van der Waals surface area contributed by atoms with Gasteiger partial charge in [-0.25, -0.2) is 5.41 Å². The molecular formula is C7H11Cl2N3. The van der Waals surface area contributed by atoms with E-state index in [1.807, 2.05) is 12.1 Å². The zero-order valence-electron chi connectivity index (χ0n) is 6.43. The molecule has 12 heavy (non-hydrogen) atoms. The standard InChI is InChI=1S/C7H9N3.2ClH/c8-6-3-1-5(2-4-6)7(9)10;;/h1-4H,8H2,(H3,9,10);2*1H. The van der Waals surface area contributed by atoms with E-state index >= 15 is 0 Å². The molecule has 0 amide bonds. The quantitative estimate of drug-likeness (QED) is 0.239.